The highest BCUT2D eigenvalue weighted by Gasteiger charge is 2.05. The lowest BCUT2D eigenvalue weighted by molar-refractivity contribution is -0.120. The molecule has 0 aliphatic heterocycles. The number of carbonyl (C=O) groups excluding carboxylic acids is 1. The first kappa shape index (κ1) is 18.4. The van der Waals surface area contributed by atoms with Gasteiger partial charge in [-0.15, -0.1) is 0 Å². The van der Waals surface area contributed by atoms with Crippen LogP contribution in [0.1, 0.15) is 12.0 Å². The number of ether oxygens (including phenoxy) is 2. The van der Waals surface area contributed by atoms with Gasteiger partial charge in [-0.2, -0.15) is 0 Å². The van der Waals surface area contributed by atoms with Crippen molar-refractivity contribution in [2.75, 3.05) is 20.3 Å². The van der Waals surface area contributed by atoms with Crippen LogP contribution in [0, 0.1) is 0 Å². The maximum atomic E-state index is 11.9. The van der Waals surface area contributed by atoms with Gasteiger partial charge in [0.25, 0.3) is 0 Å². The van der Waals surface area contributed by atoms with Gasteiger partial charge in [-0.05, 0) is 48.4 Å². The molecule has 0 unspecified atom stereocenters. The van der Waals surface area contributed by atoms with Gasteiger partial charge in [0, 0.05) is 6.54 Å². The van der Waals surface area contributed by atoms with Crippen molar-refractivity contribution < 1.29 is 14.3 Å². The zero-order valence-corrected chi connectivity index (χ0v) is 14.9. The van der Waals surface area contributed by atoms with E-state index in [-0.39, 0.29) is 12.3 Å². The first-order valence-corrected chi connectivity index (χ1v) is 8.31. The molecule has 0 aromatic heterocycles. The third kappa shape index (κ3) is 5.95. The fraction of sp³-hybridized carbons (Fsp3) is 0.278. The third-order valence-electron chi connectivity index (χ3n) is 3.32. The van der Waals surface area contributed by atoms with Crippen LogP contribution in [0.2, 0.25) is 10.0 Å². The second-order valence-corrected chi connectivity index (χ2v) is 5.97. The van der Waals surface area contributed by atoms with Crippen LogP contribution < -0.4 is 14.8 Å². The molecule has 0 aliphatic carbocycles. The fourth-order valence-corrected chi connectivity index (χ4v) is 2.38. The van der Waals surface area contributed by atoms with Gasteiger partial charge in [0.05, 0.1) is 30.2 Å². The van der Waals surface area contributed by atoms with Crippen molar-refractivity contribution in [3.63, 3.8) is 0 Å². The van der Waals surface area contributed by atoms with Crippen molar-refractivity contribution in [3.05, 3.63) is 58.1 Å². The van der Waals surface area contributed by atoms with Gasteiger partial charge in [0.1, 0.15) is 11.5 Å². The summed E-state index contributed by atoms with van der Waals surface area (Å²) in [6.07, 6.45) is 0.995. The molecule has 4 nitrogen and oxygen atoms in total. The molecule has 0 radical (unpaired) electrons. The molecular weight excluding hydrogens is 349 g/mol. The third-order valence-corrected chi connectivity index (χ3v) is 4.06. The quantitative estimate of drug-likeness (QED) is 0.713. The topological polar surface area (TPSA) is 47.6 Å². The van der Waals surface area contributed by atoms with Crippen LogP contribution in [-0.4, -0.2) is 26.2 Å². The number of benzene rings is 2. The molecule has 24 heavy (non-hydrogen) atoms. The van der Waals surface area contributed by atoms with Gasteiger partial charge < -0.3 is 14.8 Å². The SMILES string of the molecule is COc1ccc(OCCCNC(=O)Cc2ccc(Cl)c(Cl)c2)cc1. The summed E-state index contributed by atoms with van der Waals surface area (Å²) in [5, 5.41) is 3.79. The minimum Gasteiger partial charge on any atom is -0.497 e. The Morgan fingerprint density at radius 2 is 1.75 bits per heavy atom. The Morgan fingerprint density at radius 1 is 1.04 bits per heavy atom. The first-order valence-electron chi connectivity index (χ1n) is 7.56. The zero-order chi connectivity index (χ0) is 17.4. The van der Waals surface area contributed by atoms with Crippen molar-refractivity contribution >= 4 is 29.1 Å². The standard InChI is InChI=1S/C18H19Cl2NO3/c1-23-14-4-6-15(7-5-14)24-10-2-9-21-18(22)12-13-3-8-16(19)17(20)11-13/h3-8,11H,2,9-10,12H2,1H3,(H,21,22). The van der Waals surface area contributed by atoms with Crippen molar-refractivity contribution in [1.82, 2.24) is 5.32 Å². The summed E-state index contributed by atoms with van der Waals surface area (Å²) in [5.74, 6) is 1.51. The first-order chi connectivity index (χ1) is 11.6. The molecule has 1 amide bonds. The average molecular weight is 368 g/mol. The summed E-state index contributed by atoms with van der Waals surface area (Å²) in [6, 6.07) is 12.6. The van der Waals surface area contributed by atoms with Crippen LogP contribution in [0.4, 0.5) is 0 Å². The van der Waals surface area contributed by atoms with Crippen LogP contribution in [0.25, 0.3) is 0 Å². The Kier molecular flexibility index (Phi) is 7.22. The van der Waals surface area contributed by atoms with E-state index in [9.17, 15) is 4.79 Å². The lowest BCUT2D eigenvalue weighted by Crippen LogP contribution is -2.27. The number of amides is 1. The van der Waals surface area contributed by atoms with Crippen molar-refractivity contribution in [1.29, 1.82) is 0 Å². The molecular formula is C18H19Cl2NO3. The lowest BCUT2D eigenvalue weighted by atomic mass is 10.1. The lowest BCUT2D eigenvalue weighted by Gasteiger charge is -2.08. The fourth-order valence-electron chi connectivity index (χ4n) is 2.06. The summed E-state index contributed by atoms with van der Waals surface area (Å²) in [4.78, 5) is 11.9. The van der Waals surface area contributed by atoms with E-state index in [1.807, 2.05) is 24.3 Å². The molecule has 1 N–H and O–H groups in total. The van der Waals surface area contributed by atoms with Crippen molar-refractivity contribution in [2.45, 2.75) is 12.8 Å². The summed E-state index contributed by atoms with van der Waals surface area (Å²) >= 11 is 11.8. The predicted molar refractivity (Wildman–Crippen MR) is 96.3 cm³/mol. The van der Waals surface area contributed by atoms with Crippen LogP contribution in [0.5, 0.6) is 11.5 Å². The van der Waals surface area contributed by atoms with E-state index in [1.165, 1.54) is 0 Å². The largest absolute Gasteiger partial charge is 0.497 e. The van der Waals surface area contributed by atoms with Crippen molar-refractivity contribution in [2.24, 2.45) is 0 Å². The van der Waals surface area contributed by atoms with E-state index >= 15 is 0 Å². The molecule has 2 aromatic carbocycles. The maximum Gasteiger partial charge on any atom is 0.224 e. The van der Waals surface area contributed by atoms with Crippen LogP contribution >= 0.6 is 23.2 Å². The Hall–Kier alpha value is -1.91. The maximum absolute atomic E-state index is 11.9. The highest BCUT2D eigenvalue weighted by atomic mass is 35.5. The molecule has 2 aromatic rings. The molecule has 0 heterocycles. The predicted octanol–water partition coefficient (Wildman–Crippen LogP) is 4.13. The molecule has 2 rings (SSSR count). The number of methoxy groups -OCH3 is 1. The highest BCUT2D eigenvalue weighted by molar-refractivity contribution is 6.42. The van der Waals surface area contributed by atoms with Crippen LogP contribution in [0.3, 0.4) is 0 Å². The molecule has 128 valence electrons. The molecule has 6 heteroatoms. The Morgan fingerprint density at radius 3 is 2.42 bits per heavy atom. The number of carbonyl (C=O) groups is 1. The number of hydrogen-bond donors (Lipinski definition) is 1. The van der Waals surface area contributed by atoms with Gasteiger partial charge in [0.2, 0.25) is 5.91 Å². The number of halogens is 2. The number of rotatable bonds is 8. The Labute approximate surface area is 151 Å². The zero-order valence-electron chi connectivity index (χ0n) is 13.4. The summed E-state index contributed by atoms with van der Waals surface area (Å²) in [6.45, 7) is 1.08. The number of nitrogens with one attached hydrogen (secondary N) is 1. The van der Waals surface area contributed by atoms with Gasteiger partial charge in [-0.1, -0.05) is 29.3 Å². The normalized spacial score (nSPS) is 10.3. The minimum atomic E-state index is -0.0576. The van der Waals surface area contributed by atoms with Crippen LogP contribution in [0.15, 0.2) is 42.5 Å². The van der Waals surface area contributed by atoms with E-state index in [0.29, 0.717) is 23.2 Å². The van der Waals surface area contributed by atoms with Gasteiger partial charge in [-0.3, -0.25) is 4.79 Å². The molecule has 0 spiro atoms. The molecule has 0 atom stereocenters. The second kappa shape index (κ2) is 9.40. The summed E-state index contributed by atoms with van der Waals surface area (Å²) in [7, 11) is 1.62. The molecule has 0 saturated heterocycles. The smallest absolute Gasteiger partial charge is 0.224 e. The number of hydrogen-bond acceptors (Lipinski definition) is 3. The summed E-state index contributed by atoms with van der Waals surface area (Å²) in [5.41, 5.74) is 0.830. The molecule has 0 fully saturated rings. The Balaban J connectivity index is 1.64. The van der Waals surface area contributed by atoms with E-state index in [4.69, 9.17) is 32.7 Å². The highest BCUT2D eigenvalue weighted by Crippen LogP contribution is 2.22. The monoisotopic (exact) mass is 367 g/mol. The molecule has 0 bridgehead atoms. The van der Waals surface area contributed by atoms with E-state index in [2.05, 4.69) is 5.32 Å². The second-order valence-electron chi connectivity index (χ2n) is 5.15. The average Bonchev–Trinajstić information content (AvgIpc) is 2.58. The molecule has 0 aliphatic rings. The van der Waals surface area contributed by atoms with Gasteiger partial charge >= 0.3 is 0 Å². The van der Waals surface area contributed by atoms with Gasteiger partial charge in [-0.25, -0.2) is 0 Å². The minimum absolute atomic E-state index is 0.0576. The molecule has 0 saturated carbocycles. The van der Waals surface area contributed by atoms with E-state index < -0.39 is 0 Å². The summed E-state index contributed by atoms with van der Waals surface area (Å²) < 4.78 is 10.7. The van der Waals surface area contributed by atoms with Crippen LogP contribution in [-0.2, 0) is 11.2 Å². The van der Waals surface area contributed by atoms with Crippen molar-refractivity contribution in [3.8, 4) is 11.5 Å². The van der Waals surface area contributed by atoms with Gasteiger partial charge in [0.15, 0.2) is 0 Å². The van der Waals surface area contributed by atoms with E-state index in [0.717, 1.165) is 23.5 Å². The Bertz CT molecular complexity index is 674. The van der Waals surface area contributed by atoms with E-state index in [1.54, 1.807) is 25.3 Å².